The highest BCUT2D eigenvalue weighted by Gasteiger charge is 2.21. The van der Waals surface area contributed by atoms with E-state index in [1.807, 2.05) is 6.07 Å². The third-order valence-electron chi connectivity index (χ3n) is 2.26. The lowest BCUT2D eigenvalue weighted by atomic mass is 10.1. The maximum Gasteiger partial charge on any atom is 0.253 e. The summed E-state index contributed by atoms with van der Waals surface area (Å²) in [7, 11) is 0. The van der Waals surface area contributed by atoms with Gasteiger partial charge in [-0.25, -0.2) is 0 Å². The number of nitrogens with two attached hydrogens (primary N) is 1. The molecule has 0 radical (unpaired) electrons. The van der Waals surface area contributed by atoms with Crippen molar-refractivity contribution in [1.29, 1.82) is 0 Å². The van der Waals surface area contributed by atoms with E-state index in [1.165, 1.54) is 0 Å². The molecule has 0 saturated carbocycles. The number of ether oxygens (including phenoxy) is 1. The highest BCUT2D eigenvalue weighted by Crippen LogP contribution is 2.27. The van der Waals surface area contributed by atoms with Gasteiger partial charge in [0.2, 0.25) is 0 Å². The van der Waals surface area contributed by atoms with Gasteiger partial charge in [-0.2, -0.15) is 0 Å². The van der Waals surface area contributed by atoms with Gasteiger partial charge in [-0.1, -0.05) is 6.07 Å². The quantitative estimate of drug-likeness (QED) is 0.858. The number of carbonyl (C=O) groups excluding carboxylic acids is 1. The molecular weight excluding hydrogens is 260 g/mol. The van der Waals surface area contributed by atoms with Crippen LogP contribution in [0.3, 0.4) is 0 Å². The largest absolute Gasteiger partial charge is 0.487 e. The van der Waals surface area contributed by atoms with Crippen LogP contribution in [0.2, 0.25) is 0 Å². The Hall–Kier alpha value is -1.07. The predicted octanol–water partition coefficient (Wildman–Crippen LogP) is 0.899. The molecule has 1 saturated heterocycles. The standard InChI is InChI=1S/C10H11BrN2O2/c11-7-2-1-3-8(9(7)10(12)14)15-6-4-13-5-6/h1-3,6,13H,4-5H2,(H2,12,14). The van der Waals surface area contributed by atoms with Crippen molar-refractivity contribution in [2.45, 2.75) is 6.10 Å². The summed E-state index contributed by atoms with van der Waals surface area (Å²) in [4.78, 5) is 11.2. The van der Waals surface area contributed by atoms with Crippen LogP contribution in [-0.2, 0) is 0 Å². The number of hydrogen-bond donors (Lipinski definition) is 2. The van der Waals surface area contributed by atoms with E-state index in [2.05, 4.69) is 21.2 Å². The van der Waals surface area contributed by atoms with Crippen LogP contribution < -0.4 is 15.8 Å². The number of carbonyl (C=O) groups is 1. The van der Waals surface area contributed by atoms with Crippen molar-refractivity contribution in [1.82, 2.24) is 5.32 Å². The third kappa shape index (κ3) is 2.13. The minimum absolute atomic E-state index is 0.136. The molecule has 1 aromatic carbocycles. The van der Waals surface area contributed by atoms with Crippen molar-refractivity contribution in [3.05, 3.63) is 28.2 Å². The maximum atomic E-state index is 11.2. The Morgan fingerprint density at radius 2 is 2.27 bits per heavy atom. The van der Waals surface area contributed by atoms with Gasteiger partial charge >= 0.3 is 0 Å². The lowest BCUT2D eigenvalue weighted by Crippen LogP contribution is -2.50. The molecule has 1 amide bonds. The minimum atomic E-state index is -0.482. The van der Waals surface area contributed by atoms with Gasteiger partial charge in [0, 0.05) is 17.6 Å². The SMILES string of the molecule is NC(=O)c1c(Br)cccc1OC1CNC1. The Labute approximate surface area is 95.9 Å². The van der Waals surface area contributed by atoms with E-state index in [0.717, 1.165) is 13.1 Å². The molecular formula is C10H11BrN2O2. The van der Waals surface area contributed by atoms with Gasteiger partial charge in [0.15, 0.2) is 0 Å². The van der Waals surface area contributed by atoms with Gasteiger partial charge < -0.3 is 15.8 Å². The maximum absolute atomic E-state index is 11.2. The Bertz CT molecular complexity index is 391. The molecule has 0 unspecified atom stereocenters. The summed E-state index contributed by atoms with van der Waals surface area (Å²) >= 11 is 3.28. The molecule has 0 aromatic heterocycles. The highest BCUT2D eigenvalue weighted by molar-refractivity contribution is 9.10. The molecule has 0 aliphatic carbocycles. The fourth-order valence-corrected chi connectivity index (χ4v) is 1.91. The number of primary amides is 1. The van der Waals surface area contributed by atoms with Gasteiger partial charge in [0.05, 0.1) is 5.56 Å². The highest BCUT2D eigenvalue weighted by atomic mass is 79.9. The molecule has 1 fully saturated rings. The lowest BCUT2D eigenvalue weighted by molar-refractivity contribution is 0.0983. The van der Waals surface area contributed by atoms with Gasteiger partial charge in [0.1, 0.15) is 11.9 Å². The van der Waals surface area contributed by atoms with E-state index in [-0.39, 0.29) is 6.10 Å². The molecule has 1 heterocycles. The van der Waals surface area contributed by atoms with Crippen LogP contribution in [0.1, 0.15) is 10.4 Å². The molecule has 4 nitrogen and oxygen atoms in total. The van der Waals surface area contributed by atoms with Gasteiger partial charge in [-0.15, -0.1) is 0 Å². The molecule has 80 valence electrons. The van der Waals surface area contributed by atoms with Crippen molar-refractivity contribution in [2.24, 2.45) is 5.73 Å². The number of rotatable bonds is 3. The first-order chi connectivity index (χ1) is 7.18. The minimum Gasteiger partial charge on any atom is -0.487 e. The summed E-state index contributed by atoms with van der Waals surface area (Å²) in [6.45, 7) is 1.62. The second kappa shape index (κ2) is 4.20. The fraction of sp³-hybridized carbons (Fsp3) is 0.300. The predicted molar refractivity (Wildman–Crippen MR) is 59.9 cm³/mol. The average molecular weight is 271 g/mol. The zero-order chi connectivity index (χ0) is 10.8. The Balaban J connectivity index is 2.27. The zero-order valence-electron chi connectivity index (χ0n) is 8.00. The summed E-state index contributed by atoms with van der Waals surface area (Å²) in [5, 5.41) is 3.09. The summed E-state index contributed by atoms with van der Waals surface area (Å²) in [5.41, 5.74) is 5.69. The van der Waals surface area contributed by atoms with Crippen molar-refractivity contribution in [3.63, 3.8) is 0 Å². The van der Waals surface area contributed by atoms with Gasteiger partial charge in [0.25, 0.3) is 5.91 Å². The Morgan fingerprint density at radius 1 is 1.53 bits per heavy atom. The Morgan fingerprint density at radius 3 is 2.80 bits per heavy atom. The van der Waals surface area contributed by atoms with E-state index in [1.54, 1.807) is 12.1 Å². The van der Waals surface area contributed by atoms with E-state index in [4.69, 9.17) is 10.5 Å². The summed E-state index contributed by atoms with van der Waals surface area (Å²) in [6, 6.07) is 5.34. The number of nitrogens with one attached hydrogen (secondary N) is 1. The van der Waals surface area contributed by atoms with Gasteiger partial charge in [-0.05, 0) is 28.1 Å². The molecule has 1 aliphatic heterocycles. The first-order valence-electron chi connectivity index (χ1n) is 4.64. The number of benzene rings is 1. The van der Waals surface area contributed by atoms with Crippen LogP contribution >= 0.6 is 15.9 Å². The lowest BCUT2D eigenvalue weighted by Gasteiger charge is -2.28. The van der Waals surface area contributed by atoms with Crippen molar-refractivity contribution < 1.29 is 9.53 Å². The zero-order valence-corrected chi connectivity index (χ0v) is 9.58. The van der Waals surface area contributed by atoms with E-state index in [0.29, 0.717) is 15.8 Å². The van der Waals surface area contributed by atoms with E-state index >= 15 is 0 Å². The van der Waals surface area contributed by atoms with Crippen LogP contribution in [-0.4, -0.2) is 25.1 Å². The number of amides is 1. The third-order valence-corrected chi connectivity index (χ3v) is 2.92. The topological polar surface area (TPSA) is 64.4 Å². The normalized spacial score (nSPS) is 15.8. The Kier molecular flexibility index (Phi) is 2.93. The molecule has 15 heavy (non-hydrogen) atoms. The molecule has 0 atom stereocenters. The summed E-state index contributed by atoms with van der Waals surface area (Å²) in [6.07, 6.45) is 0.136. The molecule has 0 bridgehead atoms. The second-order valence-corrected chi connectivity index (χ2v) is 4.23. The van der Waals surface area contributed by atoms with Crippen LogP contribution in [0, 0.1) is 0 Å². The molecule has 2 rings (SSSR count). The molecule has 5 heteroatoms. The number of hydrogen-bond acceptors (Lipinski definition) is 3. The summed E-state index contributed by atoms with van der Waals surface area (Å²) < 4.78 is 6.30. The van der Waals surface area contributed by atoms with E-state index in [9.17, 15) is 4.79 Å². The molecule has 3 N–H and O–H groups in total. The van der Waals surface area contributed by atoms with E-state index < -0.39 is 5.91 Å². The van der Waals surface area contributed by atoms with Crippen LogP contribution in [0.15, 0.2) is 22.7 Å². The van der Waals surface area contributed by atoms with Gasteiger partial charge in [-0.3, -0.25) is 4.79 Å². The first-order valence-corrected chi connectivity index (χ1v) is 5.43. The smallest absolute Gasteiger partial charge is 0.253 e. The number of halogens is 1. The summed E-state index contributed by atoms with van der Waals surface area (Å²) in [5.74, 6) is 0.0631. The second-order valence-electron chi connectivity index (χ2n) is 3.38. The van der Waals surface area contributed by atoms with Crippen molar-refractivity contribution >= 4 is 21.8 Å². The fourth-order valence-electron chi connectivity index (χ4n) is 1.37. The monoisotopic (exact) mass is 270 g/mol. The van der Waals surface area contributed by atoms with Crippen molar-refractivity contribution in [3.8, 4) is 5.75 Å². The molecule has 1 aliphatic rings. The van der Waals surface area contributed by atoms with Crippen LogP contribution in [0.25, 0.3) is 0 Å². The average Bonchev–Trinajstić information content (AvgIpc) is 2.10. The molecule has 1 aromatic rings. The first kappa shape index (κ1) is 10.4. The van der Waals surface area contributed by atoms with Crippen LogP contribution in [0.5, 0.6) is 5.75 Å². The van der Waals surface area contributed by atoms with Crippen molar-refractivity contribution in [2.75, 3.05) is 13.1 Å². The molecule has 0 spiro atoms. The van der Waals surface area contributed by atoms with Crippen LogP contribution in [0.4, 0.5) is 0 Å².